The number of carbonyl (C=O) groups is 2. The van der Waals surface area contributed by atoms with Crippen LogP contribution in [0.15, 0.2) is 18.2 Å². The second-order valence-corrected chi connectivity index (χ2v) is 10.3. The molecule has 2 aromatic rings. The maximum atomic E-state index is 15.2. The molecule has 7 heteroatoms. The average molecular weight is 465 g/mol. The van der Waals surface area contributed by atoms with Crippen molar-refractivity contribution in [1.82, 2.24) is 10.3 Å². The van der Waals surface area contributed by atoms with Gasteiger partial charge in [-0.05, 0) is 94.5 Å². The highest BCUT2D eigenvalue weighted by atomic mass is 19.1. The number of benzene rings is 1. The highest BCUT2D eigenvalue weighted by molar-refractivity contribution is 6.36. The van der Waals surface area contributed by atoms with E-state index >= 15 is 4.39 Å². The molecule has 0 bridgehead atoms. The summed E-state index contributed by atoms with van der Waals surface area (Å²) in [4.78, 5) is 31.5. The molecule has 34 heavy (non-hydrogen) atoms. The van der Waals surface area contributed by atoms with E-state index in [2.05, 4.69) is 10.3 Å². The van der Waals surface area contributed by atoms with E-state index in [0.29, 0.717) is 29.3 Å². The molecule has 2 heterocycles. The lowest BCUT2D eigenvalue weighted by Gasteiger charge is -2.30. The SMILES string of the molecule is Cc1cc(C)c(/C=C2\C(=O)N(CC3CCC(N)CC3)c3cc(C(=O)NC4CCC4)c(F)cc32)[nH]1. The van der Waals surface area contributed by atoms with Crippen LogP contribution in [-0.4, -0.2) is 35.4 Å². The molecule has 5 rings (SSSR count). The molecule has 0 unspecified atom stereocenters. The number of fused-ring (bicyclic) bond motifs is 1. The van der Waals surface area contributed by atoms with Gasteiger partial charge in [-0.2, -0.15) is 0 Å². The van der Waals surface area contributed by atoms with Gasteiger partial charge >= 0.3 is 0 Å². The minimum absolute atomic E-state index is 0.00210. The number of nitrogens with two attached hydrogens (primary N) is 1. The summed E-state index contributed by atoms with van der Waals surface area (Å²) in [5.74, 6) is -0.816. The van der Waals surface area contributed by atoms with E-state index in [9.17, 15) is 9.59 Å². The molecule has 1 aromatic heterocycles. The predicted molar refractivity (Wildman–Crippen MR) is 132 cm³/mol. The number of H-pyrrole nitrogens is 1. The lowest BCUT2D eigenvalue weighted by atomic mass is 9.86. The number of amides is 2. The third-order valence-corrected chi connectivity index (χ3v) is 7.64. The first-order chi connectivity index (χ1) is 16.3. The van der Waals surface area contributed by atoms with Crippen LogP contribution in [0.2, 0.25) is 0 Å². The fourth-order valence-corrected chi connectivity index (χ4v) is 5.35. The molecule has 2 amide bonds. The van der Waals surface area contributed by atoms with E-state index < -0.39 is 11.7 Å². The first-order valence-electron chi connectivity index (χ1n) is 12.4. The van der Waals surface area contributed by atoms with Crippen LogP contribution in [0, 0.1) is 25.6 Å². The first-order valence-corrected chi connectivity index (χ1v) is 12.4. The Kier molecular flexibility index (Phi) is 6.06. The quantitative estimate of drug-likeness (QED) is 0.571. The van der Waals surface area contributed by atoms with E-state index in [1.165, 1.54) is 6.07 Å². The summed E-state index contributed by atoms with van der Waals surface area (Å²) in [6.45, 7) is 4.49. The standard InChI is InChI=1S/C27H33FN4O2/c1-15-10-16(2)30-24(15)12-21-20-11-23(28)22(26(33)31-19-4-3-5-19)13-25(20)32(27(21)34)14-17-6-8-18(29)9-7-17/h10-13,17-19,30H,3-9,14,29H2,1-2H3,(H,31,33)/b21-12-. The fourth-order valence-electron chi connectivity index (χ4n) is 5.35. The van der Waals surface area contributed by atoms with Crippen molar-refractivity contribution in [1.29, 1.82) is 0 Å². The van der Waals surface area contributed by atoms with Crippen molar-refractivity contribution in [3.05, 3.63) is 52.1 Å². The predicted octanol–water partition coefficient (Wildman–Crippen LogP) is 4.46. The van der Waals surface area contributed by atoms with Gasteiger partial charge in [-0.15, -0.1) is 0 Å². The smallest absolute Gasteiger partial charge is 0.259 e. The molecule has 1 aliphatic heterocycles. The molecule has 6 nitrogen and oxygen atoms in total. The maximum Gasteiger partial charge on any atom is 0.259 e. The summed E-state index contributed by atoms with van der Waals surface area (Å²) in [6.07, 6.45) is 8.56. The normalized spacial score (nSPS) is 23.8. The van der Waals surface area contributed by atoms with Gasteiger partial charge in [0.1, 0.15) is 5.82 Å². The van der Waals surface area contributed by atoms with Crippen molar-refractivity contribution in [2.24, 2.45) is 11.7 Å². The average Bonchev–Trinajstić information content (AvgIpc) is 3.21. The Morgan fingerprint density at radius 2 is 1.91 bits per heavy atom. The van der Waals surface area contributed by atoms with Gasteiger partial charge in [-0.25, -0.2) is 4.39 Å². The van der Waals surface area contributed by atoms with Crippen LogP contribution in [0.25, 0.3) is 11.6 Å². The van der Waals surface area contributed by atoms with Gasteiger partial charge in [0, 0.05) is 35.6 Å². The van der Waals surface area contributed by atoms with Gasteiger partial charge in [0.05, 0.1) is 16.8 Å². The summed E-state index contributed by atoms with van der Waals surface area (Å²) in [5.41, 5.74) is 10.6. The van der Waals surface area contributed by atoms with Gasteiger partial charge in [-0.3, -0.25) is 9.59 Å². The number of anilines is 1. The van der Waals surface area contributed by atoms with E-state index in [1.807, 2.05) is 26.0 Å². The Morgan fingerprint density at radius 3 is 2.53 bits per heavy atom. The zero-order valence-electron chi connectivity index (χ0n) is 19.9. The Bertz CT molecular complexity index is 1160. The second kappa shape index (κ2) is 9.02. The first kappa shape index (κ1) is 22.8. The van der Waals surface area contributed by atoms with Crippen molar-refractivity contribution in [2.45, 2.75) is 70.9 Å². The van der Waals surface area contributed by atoms with Crippen molar-refractivity contribution >= 4 is 29.2 Å². The second-order valence-electron chi connectivity index (χ2n) is 10.3. The number of nitrogens with zero attached hydrogens (tertiary/aromatic N) is 1. The van der Waals surface area contributed by atoms with Gasteiger partial charge < -0.3 is 20.9 Å². The molecular weight excluding hydrogens is 431 g/mol. The summed E-state index contributed by atoms with van der Waals surface area (Å²) in [6, 6.07) is 5.28. The maximum absolute atomic E-state index is 15.2. The number of aromatic amines is 1. The number of aromatic nitrogens is 1. The van der Waals surface area contributed by atoms with Crippen LogP contribution >= 0.6 is 0 Å². The minimum atomic E-state index is -0.598. The molecule has 0 atom stereocenters. The van der Waals surface area contributed by atoms with Crippen LogP contribution in [0.1, 0.15) is 77.8 Å². The third-order valence-electron chi connectivity index (χ3n) is 7.64. The largest absolute Gasteiger partial charge is 0.359 e. The molecule has 4 N–H and O–H groups in total. The Labute approximate surface area is 199 Å². The van der Waals surface area contributed by atoms with Gasteiger partial charge in [-0.1, -0.05) is 0 Å². The highest BCUT2D eigenvalue weighted by Gasteiger charge is 2.36. The van der Waals surface area contributed by atoms with Crippen molar-refractivity contribution in [2.75, 3.05) is 11.4 Å². The molecule has 3 aliphatic rings. The molecular formula is C27H33FN4O2. The number of hydrogen-bond acceptors (Lipinski definition) is 3. The molecule has 2 fully saturated rings. The van der Waals surface area contributed by atoms with Crippen LogP contribution in [0.5, 0.6) is 0 Å². The lowest BCUT2D eigenvalue weighted by Crippen LogP contribution is -2.40. The number of halogens is 1. The van der Waals surface area contributed by atoms with Crippen molar-refractivity contribution in [3.8, 4) is 0 Å². The molecule has 0 spiro atoms. The monoisotopic (exact) mass is 464 g/mol. The van der Waals surface area contributed by atoms with Crippen LogP contribution in [0.4, 0.5) is 10.1 Å². The molecule has 180 valence electrons. The molecule has 2 aliphatic carbocycles. The fraction of sp³-hybridized carbons (Fsp3) is 0.481. The Hall–Kier alpha value is -2.93. The number of hydrogen-bond donors (Lipinski definition) is 3. The zero-order valence-corrected chi connectivity index (χ0v) is 19.9. The summed E-state index contributed by atoms with van der Waals surface area (Å²) in [5, 5.41) is 2.92. The molecule has 0 radical (unpaired) electrons. The van der Waals surface area contributed by atoms with E-state index in [-0.39, 0.29) is 23.6 Å². The Morgan fingerprint density at radius 1 is 1.18 bits per heavy atom. The van der Waals surface area contributed by atoms with Gasteiger partial charge in [0.2, 0.25) is 0 Å². The highest BCUT2D eigenvalue weighted by Crippen LogP contribution is 2.41. The van der Waals surface area contributed by atoms with E-state index in [1.54, 1.807) is 11.0 Å². The number of aryl methyl sites for hydroxylation is 2. The third kappa shape index (κ3) is 4.29. The van der Waals surface area contributed by atoms with E-state index in [4.69, 9.17) is 5.73 Å². The van der Waals surface area contributed by atoms with Crippen LogP contribution < -0.4 is 16.0 Å². The number of rotatable bonds is 5. The summed E-state index contributed by atoms with van der Waals surface area (Å²) < 4.78 is 15.2. The Balaban J connectivity index is 1.52. The topological polar surface area (TPSA) is 91.2 Å². The van der Waals surface area contributed by atoms with Crippen LogP contribution in [0.3, 0.4) is 0 Å². The lowest BCUT2D eigenvalue weighted by molar-refractivity contribution is -0.113. The molecule has 2 saturated carbocycles. The summed E-state index contributed by atoms with van der Waals surface area (Å²) in [7, 11) is 0. The number of carbonyl (C=O) groups excluding carboxylic acids is 2. The van der Waals surface area contributed by atoms with Gasteiger partial charge in [0.15, 0.2) is 0 Å². The molecule has 0 saturated heterocycles. The van der Waals surface area contributed by atoms with Gasteiger partial charge in [0.25, 0.3) is 11.8 Å². The van der Waals surface area contributed by atoms with Crippen molar-refractivity contribution in [3.63, 3.8) is 0 Å². The minimum Gasteiger partial charge on any atom is -0.359 e. The number of nitrogens with one attached hydrogen (secondary N) is 2. The van der Waals surface area contributed by atoms with Crippen molar-refractivity contribution < 1.29 is 14.0 Å². The zero-order chi connectivity index (χ0) is 24.0. The summed E-state index contributed by atoms with van der Waals surface area (Å²) >= 11 is 0. The van der Waals surface area contributed by atoms with Crippen LogP contribution in [-0.2, 0) is 4.79 Å². The molecule has 1 aromatic carbocycles. The van der Waals surface area contributed by atoms with E-state index in [0.717, 1.165) is 61.9 Å².